The molecule has 2 aromatic rings. The lowest BCUT2D eigenvalue weighted by Gasteiger charge is -2.29. The van der Waals surface area contributed by atoms with Crippen LogP contribution in [0.15, 0.2) is 22.9 Å². The van der Waals surface area contributed by atoms with Crippen LogP contribution >= 0.6 is 0 Å². The lowest BCUT2D eigenvalue weighted by molar-refractivity contribution is -0.131. The molecule has 23 heavy (non-hydrogen) atoms. The maximum atomic E-state index is 12.5. The molecule has 0 aliphatic carbocycles. The average Bonchev–Trinajstić information content (AvgIpc) is 2.97. The van der Waals surface area contributed by atoms with E-state index in [9.17, 15) is 4.79 Å². The molecule has 2 heterocycles. The molecule has 122 valence electrons. The van der Waals surface area contributed by atoms with Gasteiger partial charge in [0.15, 0.2) is 17.9 Å². The minimum absolute atomic E-state index is 0.0466. The van der Waals surface area contributed by atoms with Crippen LogP contribution in [0, 0.1) is 6.92 Å². The van der Waals surface area contributed by atoms with Crippen LogP contribution in [-0.2, 0) is 24.2 Å². The minimum Gasteiger partial charge on any atom is -0.493 e. The summed E-state index contributed by atoms with van der Waals surface area (Å²) in [4.78, 5) is 18.4. The number of aromatic nitrogens is 1. The zero-order valence-electron chi connectivity index (χ0n) is 13.6. The first-order valence-electron chi connectivity index (χ1n) is 7.53. The van der Waals surface area contributed by atoms with Gasteiger partial charge in [-0.2, -0.15) is 0 Å². The van der Waals surface area contributed by atoms with Gasteiger partial charge < -0.3 is 18.8 Å². The summed E-state index contributed by atoms with van der Waals surface area (Å²) in [6.07, 6.45) is 2.42. The van der Waals surface area contributed by atoms with E-state index in [-0.39, 0.29) is 12.3 Å². The van der Waals surface area contributed by atoms with Gasteiger partial charge >= 0.3 is 0 Å². The number of hydrogen-bond donors (Lipinski definition) is 0. The van der Waals surface area contributed by atoms with Crippen molar-refractivity contribution in [2.24, 2.45) is 0 Å². The Bertz CT molecular complexity index is 723. The van der Waals surface area contributed by atoms with E-state index in [1.165, 1.54) is 12.0 Å². The lowest BCUT2D eigenvalue weighted by atomic mass is 9.98. The number of hydrogen-bond acceptors (Lipinski definition) is 5. The third kappa shape index (κ3) is 3.02. The van der Waals surface area contributed by atoms with Gasteiger partial charge in [-0.3, -0.25) is 4.79 Å². The number of amides is 1. The predicted octanol–water partition coefficient (Wildman–Crippen LogP) is 2.13. The third-order valence-corrected chi connectivity index (χ3v) is 4.23. The van der Waals surface area contributed by atoms with Crippen molar-refractivity contribution >= 4 is 5.91 Å². The molecule has 3 rings (SSSR count). The van der Waals surface area contributed by atoms with Gasteiger partial charge in [-0.05, 0) is 36.6 Å². The molecular weight excluding hydrogens is 296 g/mol. The van der Waals surface area contributed by atoms with Crippen molar-refractivity contribution in [2.45, 2.75) is 26.3 Å². The molecule has 0 unspecified atom stereocenters. The topological polar surface area (TPSA) is 64.8 Å². The highest BCUT2D eigenvalue weighted by Crippen LogP contribution is 2.33. The van der Waals surface area contributed by atoms with Crippen LogP contribution in [0.3, 0.4) is 0 Å². The van der Waals surface area contributed by atoms with Crippen molar-refractivity contribution in [1.82, 2.24) is 9.88 Å². The van der Waals surface area contributed by atoms with Gasteiger partial charge in [0.1, 0.15) is 5.76 Å². The van der Waals surface area contributed by atoms with E-state index in [2.05, 4.69) is 4.98 Å². The number of aryl methyl sites for hydroxylation is 1. The zero-order chi connectivity index (χ0) is 16.4. The van der Waals surface area contributed by atoms with Crippen LogP contribution < -0.4 is 9.47 Å². The smallest absolute Gasteiger partial charge is 0.230 e. The van der Waals surface area contributed by atoms with E-state index in [1.807, 2.05) is 24.0 Å². The summed E-state index contributed by atoms with van der Waals surface area (Å²) in [6, 6.07) is 3.95. The number of nitrogens with zero attached hydrogens (tertiary/aromatic N) is 2. The average molecular weight is 316 g/mol. The van der Waals surface area contributed by atoms with Crippen LogP contribution in [-0.4, -0.2) is 36.6 Å². The van der Waals surface area contributed by atoms with E-state index < -0.39 is 0 Å². The van der Waals surface area contributed by atoms with Gasteiger partial charge in [0.25, 0.3) is 0 Å². The van der Waals surface area contributed by atoms with E-state index in [4.69, 9.17) is 13.9 Å². The largest absolute Gasteiger partial charge is 0.493 e. The summed E-state index contributed by atoms with van der Waals surface area (Å²) < 4.78 is 15.9. The molecule has 0 radical (unpaired) electrons. The van der Waals surface area contributed by atoms with Gasteiger partial charge in [-0.15, -0.1) is 0 Å². The molecule has 0 spiro atoms. The number of fused-ring (bicyclic) bond motifs is 1. The third-order valence-electron chi connectivity index (χ3n) is 4.23. The first kappa shape index (κ1) is 15.4. The SMILES string of the molecule is COc1cc2c(cc1OC)CN(C(=O)Cc1ocnc1C)CC2. The molecule has 1 aromatic carbocycles. The van der Waals surface area contributed by atoms with Crippen molar-refractivity contribution in [3.63, 3.8) is 0 Å². The second-order valence-electron chi connectivity index (χ2n) is 5.58. The molecule has 0 saturated carbocycles. The van der Waals surface area contributed by atoms with Gasteiger partial charge in [0.05, 0.1) is 26.3 Å². The zero-order valence-corrected chi connectivity index (χ0v) is 13.6. The Morgan fingerprint density at radius 2 is 1.96 bits per heavy atom. The van der Waals surface area contributed by atoms with Crippen molar-refractivity contribution in [1.29, 1.82) is 0 Å². The molecular formula is C17H20N2O4. The molecule has 0 saturated heterocycles. The summed E-state index contributed by atoms with van der Waals surface area (Å²) in [5.74, 6) is 2.09. The van der Waals surface area contributed by atoms with Crippen molar-refractivity contribution < 1.29 is 18.7 Å². The van der Waals surface area contributed by atoms with Crippen LogP contribution in [0.2, 0.25) is 0 Å². The van der Waals surface area contributed by atoms with E-state index in [0.717, 1.165) is 23.4 Å². The Hall–Kier alpha value is -2.50. The highest BCUT2D eigenvalue weighted by molar-refractivity contribution is 5.78. The number of rotatable bonds is 4. The highest BCUT2D eigenvalue weighted by Gasteiger charge is 2.24. The summed E-state index contributed by atoms with van der Waals surface area (Å²) in [7, 11) is 3.24. The van der Waals surface area contributed by atoms with Crippen LogP contribution in [0.25, 0.3) is 0 Å². The molecule has 1 aliphatic heterocycles. The number of benzene rings is 1. The second-order valence-corrected chi connectivity index (χ2v) is 5.58. The summed E-state index contributed by atoms with van der Waals surface area (Å²) >= 11 is 0. The molecule has 0 atom stereocenters. The number of carbonyl (C=O) groups excluding carboxylic acids is 1. The molecule has 0 bridgehead atoms. The number of oxazole rings is 1. The van der Waals surface area contributed by atoms with Crippen molar-refractivity contribution in [3.05, 3.63) is 41.1 Å². The molecule has 0 N–H and O–H groups in total. The van der Waals surface area contributed by atoms with Crippen molar-refractivity contribution in [3.8, 4) is 11.5 Å². The minimum atomic E-state index is 0.0466. The quantitative estimate of drug-likeness (QED) is 0.864. The monoisotopic (exact) mass is 316 g/mol. The Morgan fingerprint density at radius 3 is 2.57 bits per heavy atom. The van der Waals surface area contributed by atoms with E-state index >= 15 is 0 Å². The van der Waals surface area contributed by atoms with E-state index in [1.54, 1.807) is 14.2 Å². The number of methoxy groups -OCH3 is 2. The normalized spacial score (nSPS) is 13.6. The van der Waals surface area contributed by atoms with E-state index in [0.29, 0.717) is 24.6 Å². The Kier molecular flexibility index (Phi) is 4.23. The molecule has 1 aliphatic rings. The summed E-state index contributed by atoms with van der Waals surface area (Å²) in [5, 5.41) is 0. The van der Waals surface area contributed by atoms with Gasteiger partial charge in [-0.1, -0.05) is 0 Å². The van der Waals surface area contributed by atoms with Crippen LogP contribution in [0.1, 0.15) is 22.6 Å². The van der Waals surface area contributed by atoms with Crippen LogP contribution in [0.4, 0.5) is 0 Å². The fourth-order valence-electron chi connectivity index (χ4n) is 2.84. The van der Waals surface area contributed by atoms with Gasteiger partial charge in [-0.25, -0.2) is 4.98 Å². The van der Waals surface area contributed by atoms with Gasteiger partial charge in [0.2, 0.25) is 5.91 Å². The van der Waals surface area contributed by atoms with Crippen molar-refractivity contribution in [2.75, 3.05) is 20.8 Å². The Balaban J connectivity index is 1.77. The molecule has 1 amide bonds. The maximum absolute atomic E-state index is 12.5. The fraction of sp³-hybridized carbons (Fsp3) is 0.412. The molecule has 0 fully saturated rings. The number of carbonyl (C=O) groups is 1. The molecule has 6 heteroatoms. The molecule has 6 nitrogen and oxygen atoms in total. The van der Waals surface area contributed by atoms with Crippen LogP contribution in [0.5, 0.6) is 11.5 Å². The molecule has 1 aromatic heterocycles. The lowest BCUT2D eigenvalue weighted by Crippen LogP contribution is -2.37. The van der Waals surface area contributed by atoms with Gasteiger partial charge in [0, 0.05) is 13.1 Å². The highest BCUT2D eigenvalue weighted by atomic mass is 16.5. The number of ether oxygens (including phenoxy) is 2. The first-order valence-corrected chi connectivity index (χ1v) is 7.53. The predicted molar refractivity (Wildman–Crippen MR) is 83.6 cm³/mol. The second kappa shape index (κ2) is 6.32. The standard InChI is InChI=1S/C17H20N2O4/c1-11-14(23-10-18-11)8-17(20)19-5-4-12-6-15(21-2)16(22-3)7-13(12)9-19/h6-7,10H,4-5,8-9H2,1-3H3. The summed E-state index contributed by atoms with van der Waals surface area (Å²) in [5.41, 5.74) is 3.06. The maximum Gasteiger partial charge on any atom is 0.230 e. The Labute approximate surface area is 135 Å². The summed E-state index contributed by atoms with van der Waals surface area (Å²) in [6.45, 7) is 3.10. The first-order chi connectivity index (χ1) is 11.1. The fourth-order valence-corrected chi connectivity index (χ4v) is 2.84. The Morgan fingerprint density at radius 1 is 1.26 bits per heavy atom.